The van der Waals surface area contributed by atoms with E-state index in [1.165, 1.54) is 38.5 Å². The highest BCUT2D eigenvalue weighted by Crippen LogP contribution is 2.46. The Balaban J connectivity index is 1.67. The van der Waals surface area contributed by atoms with Gasteiger partial charge in [0.15, 0.2) is 0 Å². The highest BCUT2D eigenvalue weighted by molar-refractivity contribution is 4.86. The topological polar surface area (TPSA) is 0 Å². The van der Waals surface area contributed by atoms with Crippen molar-refractivity contribution in [1.82, 2.24) is 0 Å². The third-order valence-corrected chi connectivity index (χ3v) is 5.99. The van der Waals surface area contributed by atoms with Gasteiger partial charge >= 0.3 is 0 Å². The van der Waals surface area contributed by atoms with E-state index in [1.807, 2.05) is 0 Å². The molecule has 19 heavy (non-hydrogen) atoms. The van der Waals surface area contributed by atoms with Crippen LogP contribution in [0.25, 0.3) is 0 Å². The summed E-state index contributed by atoms with van der Waals surface area (Å²) >= 11 is 0. The zero-order chi connectivity index (χ0) is 13.5. The van der Waals surface area contributed by atoms with Crippen LogP contribution in [0.2, 0.25) is 0 Å². The van der Waals surface area contributed by atoms with Gasteiger partial charge in [-0.05, 0) is 49.4 Å². The molecular weight excluding hydrogens is 228 g/mol. The van der Waals surface area contributed by atoms with Crippen molar-refractivity contribution in [3.8, 4) is 0 Å². The van der Waals surface area contributed by atoms with Crippen LogP contribution < -0.4 is 0 Å². The molecule has 0 aliphatic heterocycles. The summed E-state index contributed by atoms with van der Waals surface area (Å²) in [6.45, 7) is 4.68. The summed E-state index contributed by atoms with van der Waals surface area (Å²) in [6, 6.07) is 0. The Bertz CT molecular complexity index is 232. The molecular formula is C19H36. The van der Waals surface area contributed by atoms with Crippen molar-refractivity contribution in [3.05, 3.63) is 0 Å². The molecule has 4 unspecified atom stereocenters. The third-order valence-electron chi connectivity index (χ3n) is 5.99. The summed E-state index contributed by atoms with van der Waals surface area (Å²) in [5, 5.41) is 0. The number of rotatable bonds is 7. The highest BCUT2D eigenvalue weighted by Gasteiger charge is 2.34. The molecule has 0 amide bonds. The lowest BCUT2D eigenvalue weighted by Gasteiger charge is -2.42. The van der Waals surface area contributed by atoms with E-state index in [2.05, 4.69) is 13.8 Å². The fourth-order valence-electron chi connectivity index (χ4n) is 4.88. The molecule has 4 atom stereocenters. The Morgan fingerprint density at radius 1 is 0.632 bits per heavy atom. The molecule has 0 N–H and O–H groups in total. The van der Waals surface area contributed by atoms with Crippen LogP contribution in [0.15, 0.2) is 0 Å². The van der Waals surface area contributed by atoms with E-state index in [9.17, 15) is 0 Å². The predicted molar refractivity (Wildman–Crippen MR) is 85.3 cm³/mol. The van der Waals surface area contributed by atoms with Crippen LogP contribution in [0.3, 0.4) is 0 Å². The summed E-state index contributed by atoms with van der Waals surface area (Å²) in [7, 11) is 0. The number of fused-ring (bicyclic) bond motifs is 1. The summed E-state index contributed by atoms with van der Waals surface area (Å²) in [5.41, 5.74) is 0. The minimum atomic E-state index is 1.09. The fraction of sp³-hybridized carbons (Fsp3) is 1.00. The van der Waals surface area contributed by atoms with E-state index in [0.717, 1.165) is 23.7 Å². The lowest BCUT2D eigenvalue weighted by atomic mass is 9.63. The van der Waals surface area contributed by atoms with Crippen molar-refractivity contribution < 1.29 is 0 Å². The summed E-state index contributed by atoms with van der Waals surface area (Å²) < 4.78 is 0. The summed E-state index contributed by atoms with van der Waals surface area (Å²) in [4.78, 5) is 0. The maximum Gasteiger partial charge on any atom is -0.0383 e. The fourth-order valence-corrected chi connectivity index (χ4v) is 4.88. The predicted octanol–water partition coefficient (Wildman–Crippen LogP) is 6.59. The first-order valence-electron chi connectivity index (χ1n) is 9.33. The molecule has 2 saturated carbocycles. The van der Waals surface area contributed by atoms with E-state index in [1.54, 1.807) is 44.9 Å². The Kier molecular flexibility index (Phi) is 6.74. The standard InChI is InChI=1S/C19H36/c1-3-5-6-7-9-17-11-13-18-14-16(8-4-2)10-12-19(18)15-17/h16-19H,3-15H2,1-2H3. The molecule has 0 spiro atoms. The molecule has 0 saturated heterocycles. The molecule has 0 aromatic carbocycles. The van der Waals surface area contributed by atoms with Crippen LogP contribution in [-0.2, 0) is 0 Å². The van der Waals surface area contributed by atoms with Gasteiger partial charge < -0.3 is 0 Å². The van der Waals surface area contributed by atoms with Crippen LogP contribution in [0.1, 0.15) is 97.3 Å². The Labute approximate surface area is 121 Å². The normalized spacial score (nSPS) is 35.1. The summed E-state index contributed by atoms with van der Waals surface area (Å²) in [6.07, 6.45) is 19.7. The van der Waals surface area contributed by atoms with Crippen molar-refractivity contribution in [2.24, 2.45) is 23.7 Å². The second-order valence-electron chi connectivity index (χ2n) is 7.52. The van der Waals surface area contributed by atoms with Gasteiger partial charge in [0.25, 0.3) is 0 Å². The monoisotopic (exact) mass is 264 g/mol. The number of unbranched alkanes of at least 4 members (excludes halogenated alkanes) is 3. The van der Waals surface area contributed by atoms with E-state index < -0.39 is 0 Å². The molecule has 0 bridgehead atoms. The Morgan fingerprint density at radius 3 is 1.84 bits per heavy atom. The van der Waals surface area contributed by atoms with Gasteiger partial charge in [0, 0.05) is 0 Å². The lowest BCUT2D eigenvalue weighted by Crippen LogP contribution is -2.31. The van der Waals surface area contributed by atoms with Crippen LogP contribution >= 0.6 is 0 Å². The molecule has 2 aliphatic carbocycles. The second kappa shape index (κ2) is 8.32. The van der Waals surface area contributed by atoms with Crippen LogP contribution in [0.5, 0.6) is 0 Å². The third kappa shape index (κ3) is 4.80. The van der Waals surface area contributed by atoms with Gasteiger partial charge in [-0.2, -0.15) is 0 Å². The van der Waals surface area contributed by atoms with Gasteiger partial charge in [-0.15, -0.1) is 0 Å². The van der Waals surface area contributed by atoms with E-state index in [4.69, 9.17) is 0 Å². The van der Waals surface area contributed by atoms with Crippen LogP contribution in [0.4, 0.5) is 0 Å². The van der Waals surface area contributed by atoms with Crippen molar-refractivity contribution in [3.63, 3.8) is 0 Å². The van der Waals surface area contributed by atoms with Gasteiger partial charge in [0.1, 0.15) is 0 Å². The smallest absolute Gasteiger partial charge is 0.0383 e. The van der Waals surface area contributed by atoms with Crippen molar-refractivity contribution in [1.29, 1.82) is 0 Å². The quantitative estimate of drug-likeness (QED) is 0.455. The maximum atomic E-state index is 2.36. The molecule has 0 radical (unpaired) electrons. The molecule has 0 heteroatoms. The maximum absolute atomic E-state index is 2.36. The molecule has 0 heterocycles. The molecule has 0 aromatic heterocycles. The second-order valence-corrected chi connectivity index (χ2v) is 7.52. The van der Waals surface area contributed by atoms with Crippen LogP contribution in [0, 0.1) is 23.7 Å². The molecule has 2 rings (SSSR count). The minimum Gasteiger partial charge on any atom is -0.0654 e. The Hall–Kier alpha value is 0. The van der Waals surface area contributed by atoms with E-state index in [0.29, 0.717) is 0 Å². The van der Waals surface area contributed by atoms with Crippen molar-refractivity contribution in [2.75, 3.05) is 0 Å². The Morgan fingerprint density at radius 2 is 1.26 bits per heavy atom. The van der Waals surface area contributed by atoms with Gasteiger partial charge in [0.05, 0.1) is 0 Å². The molecule has 0 aromatic rings. The number of hydrogen-bond acceptors (Lipinski definition) is 0. The van der Waals surface area contributed by atoms with Crippen LogP contribution in [-0.4, -0.2) is 0 Å². The van der Waals surface area contributed by atoms with Gasteiger partial charge in [-0.1, -0.05) is 71.6 Å². The minimum absolute atomic E-state index is 1.09. The summed E-state index contributed by atoms with van der Waals surface area (Å²) in [5.74, 6) is 4.43. The van der Waals surface area contributed by atoms with Crippen molar-refractivity contribution in [2.45, 2.75) is 97.3 Å². The first kappa shape index (κ1) is 15.4. The average Bonchev–Trinajstić information content (AvgIpc) is 2.44. The van der Waals surface area contributed by atoms with E-state index >= 15 is 0 Å². The van der Waals surface area contributed by atoms with Gasteiger partial charge in [-0.3, -0.25) is 0 Å². The SMILES string of the molecule is CCCCCCC1CCC2CC(CCC)CCC2C1. The first-order chi connectivity index (χ1) is 9.33. The van der Waals surface area contributed by atoms with Gasteiger partial charge in [-0.25, -0.2) is 0 Å². The lowest BCUT2D eigenvalue weighted by molar-refractivity contribution is 0.0911. The van der Waals surface area contributed by atoms with Gasteiger partial charge in [0.2, 0.25) is 0 Å². The largest absolute Gasteiger partial charge is 0.0654 e. The van der Waals surface area contributed by atoms with E-state index in [-0.39, 0.29) is 0 Å². The molecule has 112 valence electrons. The molecule has 2 fully saturated rings. The zero-order valence-corrected chi connectivity index (χ0v) is 13.5. The zero-order valence-electron chi connectivity index (χ0n) is 13.5. The highest BCUT2D eigenvalue weighted by atomic mass is 14.4. The van der Waals surface area contributed by atoms with Crippen molar-refractivity contribution >= 4 is 0 Å². The number of hydrogen-bond donors (Lipinski definition) is 0. The first-order valence-corrected chi connectivity index (χ1v) is 9.33. The molecule has 0 nitrogen and oxygen atoms in total. The average molecular weight is 264 g/mol. The molecule has 2 aliphatic rings.